The topological polar surface area (TPSA) is 160 Å². The van der Waals surface area contributed by atoms with Crippen LogP contribution in [0.3, 0.4) is 0 Å². The van der Waals surface area contributed by atoms with Gasteiger partial charge in [0.15, 0.2) is 5.82 Å². The maximum Gasteiger partial charge on any atom is 0.412 e. The maximum absolute atomic E-state index is 15.8. The number of piperidine rings is 1. The fourth-order valence-electron chi connectivity index (χ4n) is 4.35. The van der Waals surface area contributed by atoms with Crippen LogP contribution < -0.4 is 11.1 Å². The number of hydrogen-bond donors (Lipinski definition) is 3. The highest BCUT2D eigenvalue weighted by Crippen LogP contribution is 2.37. The second-order valence-corrected chi connectivity index (χ2v) is 8.77. The Labute approximate surface area is 207 Å². The maximum atomic E-state index is 15.8. The molecule has 190 valence electrons. The van der Waals surface area contributed by atoms with Crippen molar-refractivity contribution in [3.05, 3.63) is 53.5 Å². The summed E-state index contributed by atoms with van der Waals surface area (Å²) in [5, 5.41) is 34.6. The van der Waals surface area contributed by atoms with Crippen molar-refractivity contribution >= 4 is 11.9 Å². The fourth-order valence-corrected chi connectivity index (χ4v) is 4.35. The number of likely N-dealkylation sites (tertiary alicyclic amines) is 1. The number of carbonyl (C=O) groups is 1. The average Bonchev–Trinajstić information content (AvgIpc) is 3.48. The minimum atomic E-state index is -1.47. The summed E-state index contributed by atoms with van der Waals surface area (Å²) >= 11 is 0. The van der Waals surface area contributed by atoms with Crippen LogP contribution in [0.5, 0.6) is 0 Å². The van der Waals surface area contributed by atoms with E-state index in [0.717, 1.165) is 16.9 Å². The van der Waals surface area contributed by atoms with Crippen molar-refractivity contribution in [3.63, 3.8) is 0 Å². The molecule has 3 atom stereocenters. The van der Waals surface area contributed by atoms with Gasteiger partial charge in [0.05, 0.1) is 42.7 Å². The number of aliphatic hydroxyl groups excluding tert-OH is 1. The molecule has 1 saturated heterocycles. The van der Waals surface area contributed by atoms with Crippen LogP contribution >= 0.6 is 0 Å². The highest BCUT2D eigenvalue weighted by Gasteiger charge is 2.46. The van der Waals surface area contributed by atoms with Gasteiger partial charge in [-0.15, -0.1) is 0 Å². The van der Waals surface area contributed by atoms with Gasteiger partial charge in [0.2, 0.25) is 0 Å². The number of nitriles is 1. The number of carbonyl (C=O) groups excluding carboxylic acids is 1. The van der Waals surface area contributed by atoms with Crippen molar-refractivity contribution in [1.29, 1.82) is 5.26 Å². The molecule has 0 radical (unpaired) electrons. The van der Waals surface area contributed by atoms with Crippen LogP contribution in [-0.2, 0) is 16.8 Å². The van der Waals surface area contributed by atoms with E-state index in [0.29, 0.717) is 13.1 Å². The van der Waals surface area contributed by atoms with E-state index < -0.39 is 24.0 Å². The number of hydrogen-bond acceptors (Lipinski definition) is 9. The number of nitrogens with zero attached hydrogens (tertiary/aromatic N) is 7. The van der Waals surface area contributed by atoms with Crippen molar-refractivity contribution < 1.29 is 19.0 Å². The second kappa shape index (κ2) is 10.4. The number of ether oxygens (including phenoxy) is 1. The Kier molecular flexibility index (Phi) is 7.30. The van der Waals surface area contributed by atoms with E-state index in [9.17, 15) is 15.2 Å². The summed E-state index contributed by atoms with van der Waals surface area (Å²) in [5.74, 6) is -0.0502. The van der Waals surface area contributed by atoms with Gasteiger partial charge >= 0.3 is 6.09 Å². The molecule has 1 aliphatic rings. The summed E-state index contributed by atoms with van der Waals surface area (Å²) in [6.07, 6.45) is -0.529. The molecule has 4 N–H and O–H groups in total. The normalized spacial score (nSPS) is 21.1. The average molecular weight is 498 g/mol. The van der Waals surface area contributed by atoms with E-state index in [-0.39, 0.29) is 30.8 Å². The Balaban J connectivity index is 1.51. The van der Waals surface area contributed by atoms with Crippen molar-refractivity contribution in [2.75, 3.05) is 25.5 Å². The van der Waals surface area contributed by atoms with Crippen molar-refractivity contribution in [2.24, 2.45) is 5.73 Å². The first-order valence-corrected chi connectivity index (χ1v) is 11.4. The molecule has 3 unspecified atom stereocenters. The Hall–Kier alpha value is -3.86. The summed E-state index contributed by atoms with van der Waals surface area (Å²) in [4.78, 5) is 15.2. The summed E-state index contributed by atoms with van der Waals surface area (Å²) in [6, 6.07) is 9.78. The molecular weight excluding hydrogens is 469 g/mol. The molecule has 1 fully saturated rings. The standard InChI is InChI=1S/C23H28FN9O3/c1-15-11-27-33(29-15)17-5-3-16(4-6-17)12-31-10-8-23(7-9-25,19(24)14-31)32-13-18(20(26)34)21(30-32)28-22(35)36-2/h3-6,11,13,19-20,34H,7-8,10,12,14,26H2,1-2H3,(H,28,30,35). The number of anilines is 1. The molecule has 0 aliphatic carbocycles. The number of methoxy groups -OCH3 is 1. The van der Waals surface area contributed by atoms with Crippen LogP contribution in [0.25, 0.3) is 5.69 Å². The van der Waals surface area contributed by atoms with Gasteiger partial charge in [-0.3, -0.25) is 14.9 Å². The summed E-state index contributed by atoms with van der Waals surface area (Å²) in [5.41, 5.74) is 7.08. The molecule has 1 amide bonds. The number of nitrogens with two attached hydrogens (primary N) is 1. The number of nitrogens with one attached hydrogen (secondary N) is 1. The first-order valence-electron chi connectivity index (χ1n) is 11.4. The van der Waals surface area contributed by atoms with E-state index >= 15 is 4.39 Å². The lowest BCUT2D eigenvalue weighted by Crippen LogP contribution is -2.54. The molecule has 3 heterocycles. The van der Waals surface area contributed by atoms with Gasteiger partial charge in [0, 0.05) is 25.8 Å². The highest BCUT2D eigenvalue weighted by molar-refractivity contribution is 5.84. The smallest absolute Gasteiger partial charge is 0.412 e. The third-order valence-electron chi connectivity index (χ3n) is 6.35. The number of rotatable bonds is 7. The molecular formula is C23H28FN9O3. The molecule has 0 bridgehead atoms. The number of halogens is 1. The number of aliphatic hydroxyl groups is 1. The quantitative estimate of drug-likeness (QED) is 0.413. The largest absolute Gasteiger partial charge is 0.453 e. The first-order chi connectivity index (χ1) is 17.3. The Morgan fingerprint density at radius 1 is 1.42 bits per heavy atom. The van der Waals surface area contributed by atoms with Gasteiger partial charge in [-0.25, -0.2) is 9.18 Å². The zero-order valence-electron chi connectivity index (χ0n) is 20.0. The van der Waals surface area contributed by atoms with Crippen LogP contribution in [0.2, 0.25) is 0 Å². The second-order valence-electron chi connectivity index (χ2n) is 8.77. The van der Waals surface area contributed by atoms with E-state index in [1.165, 1.54) is 18.0 Å². The SMILES string of the molecule is COC(=O)Nc1nn(C2(CC#N)CCN(Cc3ccc(-n4ncc(C)n4)cc3)CC2F)cc1C(N)O. The Bertz CT molecular complexity index is 1250. The zero-order valence-corrected chi connectivity index (χ0v) is 20.0. The van der Waals surface area contributed by atoms with Gasteiger partial charge in [-0.2, -0.15) is 25.4 Å². The summed E-state index contributed by atoms with van der Waals surface area (Å²) in [7, 11) is 1.18. The highest BCUT2D eigenvalue weighted by atomic mass is 19.1. The number of aromatic nitrogens is 5. The number of benzene rings is 1. The van der Waals surface area contributed by atoms with Crippen LogP contribution in [0.15, 0.2) is 36.7 Å². The molecule has 1 aliphatic heterocycles. The van der Waals surface area contributed by atoms with Gasteiger partial charge in [0.25, 0.3) is 0 Å². The van der Waals surface area contributed by atoms with Crippen molar-refractivity contribution in [1.82, 2.24) is 29.7 Å². The Morgan fingerprint density at radius 2 is 2.17 bits per heavy atom. The summed E-state index contributed by atoms with van der Waals surface area (Å²) in [6.45, 7) is 2.97. The molecule has 1 aromatic carbocycles. The van der Waals surface area contributed by atoms with Gasteiger partial charge in [0.1, 0.15) is 17.9 Å². The Morgan fingerprint density at radius 3 is 2.75 bits per heavy atom. The van der Waals surface area contributed by atoms with Gasteiger partial charge in [-0.05, 0) is 31.0 Å². The van der Waals surface area contributed by atoms with Crippen LogP contribution in [-0.4, -0.2) is 67.2 Å². The fraction of sp³-hybridized carbons (Fsp3) is 0.435. The van der Waals surface area contributed by atoms with Crippen LogP contribution in [0.1, 0.15) is 35.9 Å². The monoisotopic (exact) mass is 497 g/mol. The molecule has 36 heavy (non-hydrogen) atoms. The molecule has 12 nitrogen and oxygen atoms in total. The van der Waals surface area contributed by atoms with E-state index in [4.69, 9.17) is 5.73 Å². The zero-order chi connectivity index (χ0) is 25.9. The molecule has 0 saturated carbocycles. The van der Waals surface area contributed by atoms with Crippen LogP contribution in [0.4, 0.5) is 15.0 Å². The minimum absolute atomic E-state index is 0.0502. The lowest BCUT2D eigenvalue weighted by atomic mass is 9.83. The van der Waals surface area contributed by atoms with Crippen molar-refractivity contribution in [2.45, 2.75) is 44.2 Å². The number of aryl methyl sites for hydroxylation is 1. The third kappa shape index (κ3) is 5.06. The molecule has 2 aromatic heterocycles. The van der Waals surface area contributed by atoms with E-state index in [2.05, 4.69) is 31.4 Å². The molecule has 4 rings (SSSR count). The minimum Gasteiger partial charge on any atom is -0.453 e. The number of amides is 1. The predicted molar refractivity (Wildman–Crippen MR) is 126 cm³/mol. The molecule has 0 spiro atoms. The lowest BCUT2D eigenvalue weighted by Gasteiger charge is -2.43. The summed E-state index contributed by atoms with van der Waals surface area (Å²) < 4.78 is 21.7. The van der Waals surface area contributed by atoms with E-state index in [1.54, 1.807) is 11.0 Å². The molecule has 13 heteroatoms. The third-order valence-corrected chi connectivity index (χ3v) is 6.35. The first kappa shape index (κ1) is 25.2. The number of alkyl halides is 1. The molecule has 3 aromatic rings. The lowest BCUT2D eigenvalue weighted by molar-refractivity contribution is 0.00680. The van der Waals surface area contributed by atoms with E-state index in [1.807, 2.05) is 36.1 Å². The van der Waals surface area contributed by atoms with Gasteiger partial charge in [-0.1, -0.05) is 12.1 Å². The van der Waals surface area contributed by atoms with Gasteiger partial charge < -0.3 is 15.6 Å². The van der Waals surface area contributed by atoms with Crippen LogP contribution in [0, 0.1) is 18.3 Å². The van der Waals surface area contributed by atoms with Crippen molar-refractivity contribution in [3.8, 4) is 11.8 Å². The predicted octanol–water partition coefficient (Wildman–Crippen LogP) is 1.75.